The van der Waals surface area contributed by atoms with Gasteiger partial charge in [0.25, 0.3) is 0 Å². The highest BCUT2D eigenvalue weighted by Gasteiger charge is 2.30. The van der Waals surface area contributed by atoms with E-state index in [9.17, 15) is 18.0 Å². The Bertz CT molecular complexity index is 387. The quantitative estimate of drug-likeness (QED) is 0.794. The number of rotatable bonds is 4. The zero-order valence-electron chi connectivity index (χ0n) is 8.92. The summed E-state index contributed by atoms with van der Waals surface area (Å²) in [6.07, 6.45) is -5.54. The predicted octanol–water partition coefficient (Wildman–Crippen LogP) is 3.60. The van der Waals surface area contributed by atoms with Crippen molar-refractivity contribution >= 4 is 21.7 Å². The van der Waals surface area contributed by atoms with Gasteiger partial charge in [-0.25, -0.2) is 0 Å². The van der Waals surface area contributed by atoms with E-state index < -0.39 is 24.7 Å². The third-order valence-corrected chi connectivity index (χ3v) is 2.52. The summed E-state index contributed by atoms with van der Waals surface area (Å²) in [6, 6.07) is 6.34. The molecule has 0 aliphatic heterocycles. The van der Waals surface area contributed by atoms with Gasteiger partial charge in [0, 0.05) is 10.0 Å². The molecule has 0 amide bonds. The van der Waals surface area contributed by atoms with Gasteiger partial charge in [0.05, 0.1) is 0 Å². The number of hydrogen-bond donors (Lipinski definition) is 0. The van der Waals surface area contributed by atoms with Gasteiger partial charge in [-0.1, -0.05) is 28.1 Å². The van der Waals surface area contributed by atoms with Gasteiger partial charge in [0.2, 0.25) is 0 Å². The summed E-state index contributed by atoms with van der Waals surface area (Å²) in [5.74, 6) is -0.471. The molecule has 0 heterocycles. The number of benzene rings is 1. The minimum atomic E-state index is -4.42. The van der Waals surface area contributed by atoms with Crippen LogP contribution in [0.1, 0.15) is 17.3 Å². The summed E-state index contributed by atoms with van der Waals surface area (Å²) >= 11 is 3.20. The fourth-order valence-corrected chi connectivity index (χ4v) is 1.41. The average molecular weight is 311 g/mol. The smallest absolute Gasteiger partial charge is 0.361 e. The van der Waals surface area contributed by atoms with Crippen molar-refractivity contribution < 1.29 is 22.7 Å². The minimum Gasteiger partial charge on any atom is -0.361 e. The Balaban J connectivity index is 2.61. The van der Waals surface area contributed by atoms with Crippen LogP contribution in [0.5, 0.6) is 0 Å². The molecule has 1 aromatic carbocycles. The molecule has 6 heteroatoms. The first-order chi connectivity index (χ1) is 7.79. The minimum absolute atomic E-state index is 0.322. The maximum Gasteiger partial charge on any atom is 0.411 e. The van der Waals surface area contributed by atoms with Crippen LogP contribution >= 0.6 is 15.9 Å². The number of Topliss-reactive ketones (excluding diaryl/α,β-unsaturated/α-hetero) is 1. The Morgan fingerprint density at radius 1 is 1.35 bits per heavy atom. The Morgan fingerprint density at radius 2 is 1.88 bits per heavy atom. The van der Waals surface area contributed by atoms with Crippen LogP contribution in [0, 0.1) is 0 Å². The monoisotopic (exact) mass is 310 g/mol. The molecule has 0 spiro atoms. The van der Waals surface area contributed by atoms with Crippen molar-refractivity contribution in [1.29, 1.82) is 0 Å². The second-order valence-electron chi connectivity index (χ2n) is 3.44. The van der Waals surface area contributed by atoms with Crippen LogP contribution in [0.25, 0.3) is 0 Å². The van der Waals surface area contributed by atoms with Crippen molar-refractivity contribution in [3.8, 4) is 0 Å². The molecule has 0 aromatic heterocycles. The van der Waals surface area contributed by atoms with E-state index in [1.807, 2.05) is 0 Å². The molecule has 0 radical (unpaired) electrons. The summed E-state index contributed by atoms with van der Waals surface area (Å²) in [6.45, 7) is -0.118. The Kier molecular flexibility index (Phi) is 4.70. The van der Waals surface area contributed by atoms with Crippen LogP contribution in [0.4, 0.5) is 13.2 Å². The Labute approximate surface area is 105 Å². The SMILES string of the molecule is CC(OCC(F)(F)F)C(=O)c1ccc(Br)cc1. The molecule has 0 aliphatic carbocycles. The highest BCUT2D eigenvalue weighted by Crippen LogP contribution is 2.17. The van der Waals surface area contributed by atoms with Gasteiger partial charge in [-0.05, 0) is 19.1 Å². The van der Waals surface area contributed by atoms with Gasteiger partial charge < -0.3 is 4.74 Å². The molecule has 0 N–H and O–H groups in total. The molecule has 0 bridgehead atoms. The fourth-order valence-electron chi connectivity index (χ4n) is 1.14. The van der Waals surface area contributed by atoms with Crippen LogP contribution in [-0.2, 0) is 4.74 Å². The molecule has 1 atom stereocenters. The molecule has 0 saturated carbocycles. The van der Waals surface area contributed by atoms with Gasteiger partial charge in [0.1, 0.15) is 12.7 Å². The third kappa shape index (κ3) is 4.87. The van der Waals surface area contributed by atoms with E-state index in [2.05, 4.69) is 20.7 Å². The Hall–Kier alpha value is -0.880. The van der Waals surface area contributed by atoms with Gasteiger partial charge in [-0.15, -0.1) is 0 Å². The fraction of sp³-hybridized carbons (Fsp3) is 0.364. The van der Waals surface area contributed by atoms with Crippen molar-refractivity contribution in [2.45, 2.75) is 19.2 Å². The van der Waals surface area contributed by atoms with E-state index in [0.29, 0.717) is 5.56 Å². The second-order valence-corrected chi connectivity index (χ2v) is 4.36. The molecule has 2 nitrogen and oxygen atoms in total. The molecular formula is C11H10BrF3O2. The number of carbonyl (C=O) groups excluding carboxylic acids is 1. The van der Waals surface area contributed by atoms with Crippen molar-refractivity contribution in [3.63, 3.8) is 0 Å². The average Bonchev–Trinajstić information content (AvgIpc) is 2.25. The molecular weight excluding hydrogens is 301 g/mol. The van der Waals surface area contributed by atoms with E-state index in [1.165, 1.54) is 19.1 Å². The number of ether oxygens (including phenoxy) is 1. The standard InChI is InChI=1S/C11H10BrF3O2/c1-7(17-6-11(13,14)15)10(16)8-2-4-9(12)5-3-8/h2-5,7H,6H2,1H3. The summed E-state index contributed by atoms with van der Waals surface area (Å²) < 4.78 is 40.9. The number of hydrogen-bond acceptors (Lipinski definition) is 2. The lowest BCUT2D eigenvalue weighted by Crippen LogP contribution is -2.27. The lowest BCUT2D eigenvalue weighted by Gasteiger charge is -2.13. The second kappa shape index (κ2) is 5.64. The lowest BCUT2D eigenvalue weighted by molar-refractivity contribution is -0.179. The van der Waals surface area contributed by atoms with Crippen LogP contribution in [-0.4, -0.2) is 24.7 Å². The first-order valence-corrected chi connectivity index (χ1v) is 5.57. The first-order valence-electron chi connectivity index (χ1n) is 4.78. The summed E-state index contributed by atoms with van der Waals surface area (Å²) in [7, 11) is 0. The van der Waals surface area contributed by atoms with Crippen LogP contribution < -0.4 is 0 Å². The Morgan fingerprint density at radius 3 is 2.35 bits per heavy atom. The summed E-state index contributed by atoms with van der Waals surface area (Å²) in [5.41, 5.74) is 0.322. The summed E-state index contributed by atoms with van der Waals surface area (Å²) in [5, 5.41) is 0. The topological polar surface area (TPSA) is 26.3 Å². The first kappa shape index (κ1) is 14.2. The van der Waals surface area contributed by atoms with E-state index in [-0.39, 0.29) is 0 Å². The van der Waals surface area contributed by atoms with Gasteiger partial charge in [-0.3, -0.25) is 4.79 Å². The molecule has 1 rings (SSSR count). The highest BCUT2D eigenvalue weighted by molar-refractivity contribution is 9.10. The number of halogens is 4. The van der Waals surface area contributed by atoms with Crippen LogP contribution in [0.15, 0.2) is 28.7 Å². The van der Waals surface area contributed by atoms with Crippen molar-refractivity contribution in [3.05, 3.63) is 34.3 Å². The summed E-state index contributed by atoms with van der Waals surface area (Å²) in [4.78, 5) is 11.7. The van der Waals surface area contributed by atoms with E-state index >= 15 is 0 Å². The zero-order chi connectivity index (χ0) is 13.1. The maximum absolute atomic E-state index is 11.9. The van der Waals surface area contributed by atoms with Gasteiger partial charge >= 0.3 is 6.18 Å². The van der Waals surface area contributed by atoms with E-state index in [0.717, 1.165) is 4.47 Å². The van der Waals surface area contributed by atoms with Crippen molar-refractivity contribution in [2.75, 3.05) is 6.61 Å². The van der Waals surface area contributed by atoms with Crippen molar-refractivity contribution in [2.24, 2.45) is 0 Å². The molecule has 1 aromatic rings. The van der Waals surface area contributed by atoms with Gasteiger partial charge in [-0.2, -0.15) is 13.2 Å². The molecule has 0 aliphatic rings. The van der Waals surface area contributed by atoms with Crippen LogP contribution in [0.2, 0.25) is 0 Å². The molecule has 94 valence electrons. The lowest BCUT2D eigenvalue weighted by atomic mass is 10.1. The molecule has 0 fully saturated rings. The zero-order valence-corrected chi connectivity index (χ0v) is 10.5. The molecule has 17 heavy (non-hydrogen) atoms. The number of alkyl halides is 3. The highest BCUT2D eigenvalue weighted by atomic mass is 79.9. The normalized spacial score (nSPS) is 13.5. The van der Waals surface area contributed by atoms with Crippen LogP contribution in [0.3, 0.4) is 0 Å². The molecule has 0 saturated heterocycles. The van der Waals surface area contributed by atoms with E-state index in [1.54, 1.807) is 12.1 Å². The maximum atomic E-state index is 11.9. The van der Waals surface area contributed by atoms with Crippen molar-refractivity contribution in [1.82, 2.24) is 0 Å². The molecule has 1 unspecified atom stereocenters. The number of carbonyl (C=O) groups is 1. The third-order valence-electron chi connectivity index (χ3n) is 1.99. The predicted molar refractivity (Wildman–Crippen MR) is 59.9 cm³/mol. The van der Waals surface area contributed by atoms with Gasteiger partial charge in [0.15, 0.2) is 5.78 Å². The number of ketones is 1. The van der Waals surface area contributed by atoms with E-state index in [4.69, 9.17) is 0 Å². The largest absolute Gasteiger partial charge is 0.411 e.